The van der Waals surface area contributed by atoms with Gasteiger partial charge in [0.15, 0.2) is 23.0 Å². The summed E-state index contributed by atoms with van der Waals surface area (Å²) in [6.45, 7) is 4.53. The average Bonchev–Trinajstić information content (AvgIpc) is 2.71. The summed E-state index contributed by atoms with van der Waals surface area (Å²) in [4.78, 5) is 12.8. The van der Waals surface area contributed by atoms with Crippen LogP contribution in [0.15, 0.2) is 24.3 Å². The van der Waals surface area contributed by atoms with Crippen LogP contribution in [0.2, 0.25) is 5.02 Å². The maximum Gasteiger partial charge on any atom is 0.255 e. The number of nitrogens with one attached hydrogen (secondary N) is 1. The zero-order valence-corrected chi connectivity index (χ0v) is 18.2. The summed E-state index contributed by atoms with van der Waals surface area (Å²) in [7, 11) is 6.01. The van der Waals surface area contributed by atoms with E-state index in [1.807, 2.05) is 13.8 Å². The number of ether oxygens (including phenoxy) is 5. The van der Waals surface area contributed by atoms with Gasteiger partial charge < -0.3 is 29.0 Å². The van der Waals surface area contributed by atoms with Crippen molar-refractivity contribution >= 4 is 23.2 Å². The lowest BCUT2D eigenvalue weighted by Crippen LogP contribution is -2.13. The second-order valence-corrected chi connectivity index (χ2v) is 6.97. The third-order valence-corrected chi connectivity index (χ3v) is 4.26. The van der Waals surface area contributed by atoms with Crippen molar-refractivity contribution in [3.8, 4) is 28.7 Å². The molecule has 7 nitrogen and oxygen atoms in total. The number of hydrogen-bond acceptors (Lipinski definition) is 6. The van der Waals surface area contributed by atoms with Crippen LogP contribution in [0.4, 0.5) is 5.69 Å². The van der Waals surface area contributed by atoms with Crippen LogP contribution in [0.3, 0.4) is 0 Å². The van der Waals surface area contributed by atoms with Gasteiger partial charge in [0.05, 0.1) is 40.1 Å². The summed E-state index contributed by atoms with van der Waals surface area (Å²) < 4.78 is 27.0. The van der Waals surface area contributed by atoms with E-state index < -0.39 is 0 Å². The first-order valence-electron chi connectivity index (χ1n) is 8.96. The van der Waals surface area contributed by atoms with Gasteiger partial charge in [-0.1, -0.05) is 25.4 Å². The van der Waals surface area contributed by atoms with Gasteiger partial charge in [-0.25, -0.2) is 0 Å². The lowest BCUT2D eigenvalue weighted by molar-refractivity contribution is 0.102. The maximum absolute atomic E-state index is 12.8. The molecule has 1 N–H and O–H groups in total. The van der Waals surface area contributed by atoms with Crippen molar-refractivity contribution in [3.05, 3.63) is 34.9 Å². The highest BCUT2D eigenvalue weighted by atomic mass is 35.5. The Kier molecular flexibility index (Phi) is 7.84. The zero-order valence-electron chi connectivity index (χ0n) is 17.4. The fraction of sp³-hybridized carbons (Fsp3) is 0.381. The Morgan fingerprint density at radius 3 is 1.93 bits per heavy atom. The molecule has 8 heteroatoms. The third kappa shape index (κ3) is 5.38. The average molecular weight is 424 g/mol. The smallest absolute Gasteiger partial charge is 0.255 e. The molecule has 0 aliphatic carbocycles. The first kappa shape index (κ1) is 22.5. The number of anilines is 1. The van der Waals surface area contributed by atoms with Gasteiger partial charge in [-0.15, -0.1) is 0 Å². The number of methoxy groups -OCH3 is 4. The van der Waals surface area contributed by atoms with Crippen LogP contribution in [0.25, 0.3) is 0 Å². The van der Waals surface area contributed by atoms with Crippen molar-refractivity contribution in [1.82, 2.24) is 0 Å². The van der Waals surface area contributed by atoms with Crippen molar-refractivity contribution in [2.45, 2.75) is 13.8 Å². The Morgan fingerprint density at radius 2 is 1.45 bits per heavy atom. The van der Waals surface area contributed by atoms with Gasteiger partial charge in [-0.2, -0.15) is 0 Å². The number of rotatable bonds is 9. The molecule has 158 valence electrons. The summed E-state index contributed by atoms with van der Waals surface area (Å²) in [6.07, 6.45) is 0. The topological polar surface area (TPSA) is 75.3 Å². The van der Waals surface area contributed by atoms with Crippen LogP contribution in [0, 0.1) is 5.92 Å². The van der Waals surface area contributed by atoms with Crippen molar-refractivity contribution in [3.63, 3.8) is 0 Å². The highest BCUT2D eigenvalue weighted by Crippen LogP contribution is 2.40. The van der Waals surface area contributed by atoms with E-state index in [1.165, 1.54) is 34.5 Å². The molecule has 0 aliphatic rings. The standard InChI is InChI=1S/C21H26ClNO6/c1-12(2)11-29-19-15(22)7-13(8-16(19)25-3)21(24)23-14-9-17(26-4)20(28-6)18(10-14)27-5/h7-10,12H,11H2,1-6H3,(H,23,24). The van der Waals surface area contributed by atoms with E-state index in [0.29, 0.717) is 57.5 Å². The molecule has 0 spiro atoms. The van der Waals surface area contributed by atoms with Gasteiger partial charge in [0.1, 0.15) is 0 Å². The predicted molar refractivity (Wildman–Crippen MR) is 112 cm³/mol. The molecule has 29 heavy (non-hydrogen) atoms. The van der Waals surface area contributed by atoms with E-state index in [2.05, 4.69) is 5.32 Å². The summed E-state index contributed by atoms with van der Waals surface area (Å²) in [5.74, 6) is 2.02. The lowest BCUT2D eigenvalue weighted by atomic mass is 10.1. The van der Waals surface area contributed by atoms with E-state index >= 15 is 0 Å². The van der Waals surface area contributed by atoms with E-state index in [1.54, 1.807) is 18.2 Å². The van der Waals surface area contributed by atoms with E-state index in [9.17, 15) is 4.79 Å². The maximum atomic E-state index is 12.8. The molecule has 0 aromatic heterocycles. The highest BCUT2D eigenvalue weighted by Gasteiger charge is 2.18. The minimum Gasteiger partial charge on any atom is -0.493 e. The van der Waals surface area contributed by atoms with Crippen LogP contribution in [-0.4, -0.2) is 41.0 Å². The molecule has 0 radical (unpaired) electrons. The fourth-order valence-corrected chi connectivity index (χ4v) is 2.86. The Hall–Kier alpha value is -2.80. The van der Waals surface area contributed by atoms with Crippen LogP contribution in [-0.2, 0) is 0 Å². The molecule has 0 fully saturated rings. The van der Waals surface area contributed by atoms with Gasteiger partial charge in [0.25, 0.3) is 5.91 Å². The first-order chi connectivity index (χ1) is 13.8. The van der Waals surface area contributed by atoms with Crippen LogP contribution >= 0.6 is 11.6 Å². The molecule has 0 aliphatic heterocycles. The van der Waals surface area contributed by atoms with Gasteiger partial charge in [0, 0.05) is 23.4 Å². The number of benzene rings is 2. The summed E-state index contributed by atoms with van der Waals surface area (Å²) in [5, 5.41) is 3.09. The Morgan fingerprint density at radius 1 is 0.897 bits per heavy atom. The minimum atomic E-state index is -0.380. The molecule has 0 saturated heterocycles. The fourth-order valence-electron chi connectivity index (χ4n) is 2.60. The van der Waals surface area contributed by atoms with E-state index in [-0.39, 0.29) is 5.91 Å². The van der Waals surface area contributed by atoms with Gasteiger partial charge >= 0.3 is 0 Å². The van der Waals surface area contributed by atoms with Gasteiger partial charge in [-0.05, 0) is 18.1 Å². The quantitative estimate of drug-likeness (QED) is 0.632. The largest absolute Gasteiger partial charge is 0.493 e. The molecule has 0 atom stereocenters. The predicted octanol–water partition coefficient (Wildman–Crippen LogP) is 4.66. The third-order valence-electron chi connectivity index (χ3n) is 3.98. The molecule has 2 aromatic carbocycles. The normalized spacial score (nSPS) is 10.5. The summed E-state index contributed by atoms with van der Waals surface area (Å²) in [5.41, 5.74) is 0.789. The molecule has 0 saturated carbocycles. The van der Waals surface area contributed by atoms with Gasteiger partial charge in [-0.3, -0.25) is 4.79 Å². The number of carbonyl (C=O) groups is 1. The molecule has 0 unspecified atom stereocenters. The monoisotopic (exact) mass is 423 g/mol. The Balaban J connectivity index is 2.32. The molecule has 1 amide bonds. The summed E-state index contributed by atoms with van der Waals surface area (Å²) in [6, 6.07) is 6.39. The van der Waals surface area contributed by atoms with Crippen LogP contribution in [0.5, 0.6) is 28.7 Å². The second-order valence-electron chi connectivity index (χ2n) is 6.56. The van der Waals surface area contributed by atoms with E-state index in [0.717, 1.165) is 0 Å². The Bertz CT molecular complexity index is 843. The van der Waals surface area contributed by atoms with Crippen molar-refractivity contribution in [2.24, 2.45) is 5.92 Å². The van der Waals surface area contributed by atoms with Crippen molar-refractivity contribution in [1.29, 1.82) is 0 Å². The second kappa shape index (κ2) is 10.1. The molecule has 2 rings (SSSR count). The molecule has 0 heterocycles. The number of carbonyl (C=O) groups excluding carboxylic acids is 1. The lowest BCUT2D eigenvalue weighted by Gasteiger charge is -2.16. The van der Waals surface area contributed by atoms with E-state index in [4.69, 9.17) is 35.3 Å². The molecular formula is C21H26ClNO6. The molecule has 2 aromatic rings. The Labute approximate surface area is 175 Å². The van der Waals surface area contributed by atoms with Crippen molar-refractivity contribution < 1.29 is 28.5 Å². The first-order valence-corrected chi connectivity index (χ1v) is 9.34. The minimum absolute atomic E-state index is 0.292. The summed E-state index contributed by atoms with van der Waals surface area (Å²) >= 11 is 6.34. The SMILES string of the molecule is COc1cc(C(=O)Nc2cc(OC)c(OC)c(OC)c2)cc(Cl)c1OCC(C)C. The van der Waals surface area contributed by atoms with Crippen molar-refractivity contribution in [2.75, 3.05) is 40.4 Å². The molecule has 0 bridgehead atoms. The number of amides is 1. The number of hydrogen-bond donors (Lipinski definition) is 1. The van der Waals surface area contributed by atoms with Gasteiger partial charge in [0.2, 0.25) is 5.75 Å². The highest BCUT2D eigenvalue weighted by molar-refractivity contribution is 6.32. The zero-order chi connectivity index (χ0) is 21.6. The van der Waals surface area contributed by atoms with Crippen LogP contribution < -0.4 is 29.0 Å². The molecular weight excluding hydrogens is 398 g/mol. The number of halogens is 1. The van der Waals surface area contributed by atoms with Crippen LogP contribution in [0.1, 0.15) is 24.2 Å².